The van der Waals surface area contributed by atoms with E-state index in [2.05, 4.69) is 5.10 Å². The molecule has 0 unspecified atom stereocenters. The Morgan fingerprint density at radius 1 is 1.27 bits per heavy atom. The Kier molecular flexibility index (Phi) is 3.79. The van der Waals surface area contributed by atoms with E-state index < -0.39 is 0 Å². The van der Waals surface area contributed by atoms with Gasteiger partial charge in [0.25, 0.3) is 11.5 Å². The highest BCUT2D eigenvalue weighted by Gasteiger charge is 2.32. The maximum Gasteiger partial charge on any atom is 0.278 e. The van der Waals surface area contributed by atoms with Crippen LogP contribution in [-0.4, -0.2) is 21.7 Å². The summed E-state index contributed by atoms with van der Waals surface area (Å²) in [6.45, 7) is 4.52. The third-order valence-corrected chi connectivity index (χ3v) is 3.95. The van der Waals surface area contributed by atoms with Crippen LogP contribution in [0.4, 0.5) is 5.69 Å². The van der Waals surface area contributed by atoms with E-state index in [-0.39, 0.29) is 17.5 Å². The lowest BCUT2D eigenvalue weighted by molar-refractivity contribution is 0.0974. The third-order valence-electron chi connectivity index (χ3n) is 3.95. The summed E-state index contributed by atoms with van der Waals surface area (Å²) in [5.41, 5.74) is 2.25. The third kappa shape index (κ3) is 2.43. The zero-order valence-electron chi connectivity index (χ0n) is 12.8. The molecule has 0 aliphatic carbocycles. The summed E-state index contributed by atoms with van der Waals surface area (Å²) in [5.74, 6) is -0.151. The molecule has 114 valence electrons. The van der Waals surface area contributed by atoms with Crippen molar-refractivity contribution < 1.29 is 4.79 Å². The molecule has 0 spiro atoms. The Bertz CT molecular complexity index is 766. The lowest BCUT2D eigenvalue weighted by Gasteiger charge is -2.22. The minimum atomic E-state index is -0.173. The molecule has 0 N–H and O–H groups in total. The minimum Gasteiger partial charge on any atom is -0.304 e. The maximum atomic E-state index is 12.8. The summed E-state index contributed by atoms with van der Waals surface area (Å²) < 4.78 is 1.36. The van der Waals surface area contributed by atoms with Crippen LogP contribution < -0.4 is 10.5 Å². The molecule has 5 nitrogen and oxygen atoms in total. The molecule has 1 atom stereocenters. The average molecular weight is 297 g/mol. The van der Waals surface area contributed by atoms with Gasteiger partial charge in [-0.15, -0.1) is 0 Å². The normalized spacial score (nSPS) is 16.6. The number of carbonyl (C=O) groups is 1. The second kappa shape index (κ2) is 5.75. The first kappa shape index (κ1) is 14.5. The zero-order chi connectivity index (χ0) is 15.7. The Morgan fingerprint density at radius 2 is 2.05 bits per heavy atom. The van der Waals surface area contributed by atoms with Crippen LogP contribution >= 0.6 is 0 Å². The predicted octanol–water partition coefficient (Wildman–Crippen LogP) is 2.24. The van der Waals surface area contributed by atoms with Crippen LogP contribution in [-0.2, 0) is 13.0 Å². The Hall–Kier alpha value is -2.43. The van der Waals surface area contributed by atoms with E-state index in [9.17, 15) is 9.59 Å². The Morgan fingerprint density at radius 3 is 2.82 bits per heavy atom. The number of hydrogen-bond acceptors (Lipinski definition) is 3. The van der Waals surface area contributed by atoms with Crippen LogP contribution in [0.3, 0.4) is 0 Å². The van der Waals surface area contributed by atoms with Gasteiger partial charge >= 0.3 is 0 Å². The van der Waals surface area contributed by atoms with Crippen LogP contribution in [0.5, 0.6) is 0 Å². The number of rotatable bonds is 3. The molecule has 1 amide bonds. The largest absolute Gasteiger partial charge is 0.304 e. The minimum absolute atomic E-state index is 0.0956. The highest BCUT2D eigenvalue weighted by molar-refractivity contribution is 6.06. The summed E-state index contributed by atoms with van der Waals surface area (Å²) in [6, 6.07) is 11.0. The molecule has 2 heterocycles. The summed E-state index contributed by atoms with van der Waals surface area (Å²) in [5, 5.41) is 4.23. The van der Waals surface area contributed by atoms with E-state index in [1.54, 1.807) is 4.90 Å². The van der Waals surface area contributed by atoms with E-state index in [0.717, 1.165) is 18.5 Å². The van der Waals surface area contributed by atoms with Crippen LogP contribution in [0.2, 0.25) is 0 Å². The summed E-state index contributed by atoms with van der Waals surface area (Å²) >= 11 is 0. The van der Waals surface area contributed by atoms with Gasteiger partial charge < -0.3 is 4.90 Å². The monoisotopic (exact) mass is 297 g/mol. The van der Waals surface area contributed by atoms with E-state index in [1.165, 1.54) is 22.4 Å². The summed E-state index contributed by atoms with van der Waals surface area (Å²) in [4.78, 5) is 26.4. The first-order valence-corrected chi connectivity index (χ1v) is 7.61. The second-order valence-electron chi connectivity index (χ2n) is 5.64. The highest BCUT2D eigenvalue weighted by atomic mass is 16.2. The molecule has 1 aromatic carbocycles. The van der Waals surface area contributed by atoms with Gasteiger partial charge in [0.2, 0.25) is 0 Å². The van der Waals surface area contributed by atoms with E-state index in [4.69, 9.17) is 0 Å². The average Bonchev–Trinajstić information content (AvgIpc) is 2.85. The number of benzene rings is 1. The quantitative estimate of drug-likeness (QED) is 0.873. The van der Waals surface area contributed by atoms with Gasteiger partial charge in [0, 0.05) is 24.3 Å². The molecule has 0 saturated heterocycles. The van der Waals surface area contributed by atoms with Crippen molar-refractivity contribution in [2.45, 2.75) is 39.3 Å². The second-order valence-corrected chi connectivity index (χ2v) is 5.64. The number of aromatic nitrogens is 2. The fraction of sp³-hybridized carbons (Fsp3) is 0.353. The zero-order valence-corrected chi connectivity index (χ0v) is 12.8. The number of fused-ring (bicyclic) bond motifs is 1. The van der Waals surface area contributed by atoms with Crippen LogP contribution in [0.1, 0.15) is 36.3 Å². The molecule has 1 aliphatic heterocycles. The van der Waals surface area contributed by atoms with Crippen LogP contribution in [0.15, 0.2) is 41.2 Å². The van der Waals surface area contributed by atoms with Crippen molar-refractivity contribution in [2.75, 3.05) is 4.90 Å². The highest BCUT2D eigenvalue weighted by Crippen LogP contribution is 2.32. The molecular formula is C17H19N3O2. The van der Waals surface area contributed by atoms with Crippen LogP contribution in [0.25, 0.3) is 0 Å². The number of para-hydroxylation sites is 1. The van der Waals surface area contributed by atoms with Crippen molar-refractivity contribution >= 4 is 11.6 Å². The van der Waals surface area contributed by atoms with Gasteiger partial charge in [-0.3, -0.25) is 9.59 Å². The number of anilines is 1. The molecular weight excluding hydrogens is 278 g/mol. The first-order chi connectivity index (χ1) is 10.6. The van der Waals surface area contributed by atoms with Crippen molar-refractivity contribution in [3.63, 3.8) is 0 Å². The Labute approximate surface area is 129 Å². The SMILES string of the molecule is CCCn1nc(C(=O)N2c3ccccc3C[C@H]2C)ccc1=O. The number of hydrogen-bond donors (Lipinski definition) is 0. The fourth-order valence-corrected chi connectivity index (χ4v) is 2.93. The predicted molar refractivity (Wildman–Crippen MR) is 85.2 cm³/mol. The van der Waals surface area contributed by atoms with Gasteiger partial charge in [-0.25, -0.2) is 4.68 Å². The molecule has 0 radical (unpaired) electrons. The molecule has 1 aliphatic rings. The van der Waals surface area contributed by atoms with Gasteiger partial charge in [-0.2, -0.15) is 5.10 Å². The van der Waals surface area contributed by atoms with Crippen molar-refractivity contribution in [3.8, 4) is 0 Å². The summed E-state index contributed by atoms with van der Waals surface area (Å²) in [6.07, 6.45) is 1.64. The van der Waals surface area contributed by atoms with Crippen molar-refractivity contribution in [1.29, 1.82) is 0 Å². The molecule has 1 aromatic heterocycles. The molecule has 22 heavy (non-hydrogen) atoms. The molecule has 0 fully saturated rings. The molecule has 0 bridgehead atoms. The van der Waals surface area contributed by atoms with E-state index in [1.807, 2.05) is 38.1 Å². The first-order valence-electron chi connectivity index (χ1n) is 7.61. The summed E-state index contributed by atoms with van der Waals surface area (Å²) in [7, 11) is 0. The van der Waals surface area contributed by atoms with E-state index >= 15 is 0 Å². The van der Waals surface area contributed by atoms with E-state index in [0.29, 0.717) is 12.2 Å². The number of carbonyl (C=O) groups excluding carboxylic acids is 1. The van der Waals surface area contributed by atoms with Gasteiger partial charge in [0.05, 0.1) is 0 Å². The van der Waals surface area contributed by atoms with Gasteiger partial charge in [-0.1, -0.05) is 25.1 Å². The molecule has 0 saturated carbocycles. The van der Waals surface area contributed by atoms with Crippen LogP contribution in [0, 0.1) is 0 Å². The number of aryl methyl sites for hydroxylation is 1. The number of amides is 1. The number of nitrogens with zero attached hydrogens (tertiary/aromatic N) is 3. The molecule has 5 heteroatoms. The van der Waals surface area contributed by atoms with Gasteiger partial charge in [0.15, 0.2) is 0 Å². The van der Waals surface area contributed by atoms with Crippen molar-refractivity contribution in [2.24, 2.45) is 0 Å². The lowest BCUT2D eigenvalue weighted by Crippen LogP contribution is -2.37. The standard InChI is InChI=1S/C17H19N3O2/c1-3-10-19-16(21)9-8-14(18-19)17(22)20-12(2)11-13-6-4-5-7-15(13)20/h4-9,12H,3,10-11H2,1-2H3/t12-/m1/s1. The van der Waals surface area contributed by atoms with Gasteiger partial charge in [0.1, 0.15) is 5.69 Å². The molecule has 3 rings (SSSR count). The smallest absolute Gasteiger partial charge is 0.278 e. The maximum absolute atomic E-state index is 12.8. The van der Waals surface area contributed by atoms with Crippen molar-refractivity contribution in [1.82, 2.24) is 9.78 Å². The Balaban J connectivity index is 1.98. The molecule has 2 aromatic rings. The van der Waals surface area contributed by atoms with Crippen molar-refractivity contribution in [3.05, 3.63) is 58.0 Å². The van der Waals surface area contributed by atoms with Gasteiger partial charge in [-0.05, 0) is 37.5 Å². The fourth-order valence-electron chi connectivity index (χ4n) is 2.93. The lowest BCUT2D eigenvalue weighted by atomic mass is 10.1. The topological polar surface area (TPSA) is 55.2 Å².